The van der Waals surface area contributed by atoms with E-state index in [9.17, 15) is 9.59 Å². The number of ketones is 2. The Hall–Kier alpha value is -3.40. The molecule has 0 bridgehead atoms. The van der Waals surface area contributed by atoms with Gasteiger partial charge in [-0.15, -0.1) is 0 Å². The third kappa shape index (κ3) is 6.30. The second kappa shape index (κ2) is 10.8. The number of carbonyl (C=O) groups excluding carboxylic acids is 2. The van der Waals surface area contributed by atoms with E-state index in [1.807, 2.05) is 12.1 Å². The Morgan fingerprint density at radius 1 is 0.562 bits per heavy atom. The van der Waals surface area contributed by atoms with Gasteiger partial charge in [-0.3, -0.25) is 9.59 Å². The third-order valence-electron chi connectivity index (χ3n) is 5.91. The van der Waals surface area contributed by atoms with Gasteiger partial charge in [-0.05, 0) is 74.2 Å². The molecule has 0 aliphatic rings. The zero-order chi connectivity index (χ0) is 23.1. The zero-order valence-corrected chi connectivity index (χ0v) is 19.4. The molecule has 4 nitrogen and oxygen atoms in total. The molecular formula is C28H32N2O2. The van der Waals surface area contributed by atoms with Crippen molar-refractivity contribution in [1.82, 2.24) is 0 Å². The summed E-state index contributed by atoms with van der Waals surface area (Å²) in [6, 6.07) is 19.4. The van der Waals surface area contributed by atoms with Crippen LogP contribution in [0.1, 0.15) is 55.8 Å². The number of benzene rings is 3. The summed E-state index contributed by atoms with van der Waals surface area (Å²) >= 11 is 0. The lowest BCUT2D eigenvalue weighted by Gasteiger charge is -2.09. The molecule has 0 heterocycles. The molecule has 0 radical (unpaired) electrons. The number of carbonyl (C=O) groups is 2. The maximum atomic E-state index is 12.5. The van der Waals surface area contributed by atoms with Gasteiger partial charge in [0.15, 0.2) is 11.6 Å². The van der Waals surface area contributed by atoms with Crippen molar-refractivity contribution >= 4 is 22.9 Å². The van der Waals surface area contributed by atoms with Gasteiger partial charge in [0, 0.05) is 48.4 Å². The molecule has 0 amide bonds. The summed E-state index contributed by atoms with van der Waals surface area (Å²) in [5.41, 5.74) is 8.28. The van der Waals surface area contributed by atoms with Crippen LogP contribution in [0.2, 0.25) is 0 Å². The molecular weight excluding hydrogens is 396 g/mol. The molecule has 0 fully saturated rings. The van der Waals surface area contributed by atoms with Gasteiger partial charge in [0.25, 0.3) is 0 Å². The Morgan fingerprint density at radius 2 is 0.938 bits per heavy atom. The van der Waals surface area contributed by atoms with Crippen molar-refractivity contribution in [3.05, 3.63) is 94.0 Å². The summed E-state index contributed by atoms with van der Waals surface area (Å²) in [5, 5.41) is 6.61. The van der Waals surface area contributed by atoms with E-state index < -0.39 is 0 Å². The van der Waals surface area contributed by atoms with Gasteiger partial charge < -0.3 is 10.6 Å². The molecule has 3 aromatic rings. The average Bonchev–Trinajstić information content (AvgIpc) is 2.78. The summed E-state index contributed by atoms with van der Waals surface area (Å²) in [6.45, 7) is 9.47. The van der Waals surface area contributed by atoms with E-state index in [2.05, 4.69) is 62.6 Å². The van der Waals surface area contributed by atoms with Crippen LogP contribution >= 0.6 is 0 Å². The first-order chi connectivity index (χ1) is 15.3. The van der Waals surface area contributed by atoms with Crippen molar-refractivity contribution in [2.24, 2.45) is 0 Å². The Morgan fingerprint density at radius 3 is 1.28 bits per heavy atom. The van der Waals surface area contributed by atoms with E-state index in [0.29, 0.717) is 37.1 Å². The van der Waals surface area contributed by atoms with Crippen LogP contribution in [-0.4, -0.2) is 24.7 Å². The number of rotatable bonds is 10. The second-order valence-corrected chi connectivity index (χ2v) is 8.38. The van der Waals surface area contributed by atoms with Gasteiger partial charge in [-0.2, -0.15) is 0 Å². The average molecular weight is 429 g/mol. The van der Waals surface area contributed by atoms with E-state index in [4.69, 9.17) is 0 Å². The first-order valence-corrected chi connectivity index (χ1v) is 11.1. The largest absolute Gasteiger partial charge is 0.385 e. The van der Waals surface area contributed by atoms with Crippen LogP contribution in [0.15, 0.2) is 60.7 Å². The summed E-state index contributed by atoms with van der Waals surface area (Å²) in [7, 11) is 0. The smallest absolute Gasteiger partial charge is 0.164 e. The maximum absolute atomic E-state index is 12.5. The number of hydrogen-bond donors (Lipinski definition) is 2. The van der Waals surface area contributed by atoms with Gasteiger partial charge >= 0.3 is 0 Å². The standard InChI is InChI=1S/C28H32N2O2/c1-19-5-11-25(17-21(19)3)29-15-13-27(31)23-7-9-24(10-8-23)28(32)14-16-30-26-12-6-20(2)22(4)18-26/h5-12,17-18,29-30H,13-16H2,1-4H3. The number of nitrogens with one attached hydrogen (secondary N) is 2. The molecule has 4 heteroatoms. The molecule has 0 saturated heterocycles. The predicted molar refractivity (Wildman–Crippen MR) is 133 cm³/mol. The number of anilines is 2. The summed E-state index contributed by atoms with van der Waals surface area (Å²) in [5.74, 6) is 0.133. The van der Waals surface area contributed by atoms with E-state index in [-0.39, 0.29) is 11.6 Å². The van der Waals surface area contributed by atoms with Gasteiger partial charge in [-0.25, -0.2) is 0 Å². The molecule has 0 unspecified atom stereocenters. The van der Waals surface area contributed by atoms with Crippen molar-refractivity contribution in [2.45, 2.75) is 40.5 Å². The van der Waals surface area contributed by atoms with E-state index in [1.54, 1.807) is 24.3 Å². The van der Waals surface area contributed by atoms with Crippen molar-refractivity contribution in [3.8, 4) is 0 Å². The topological polar surface area (TPSA) is 58.2 Å². The van der Waals surface area contributed by atoms with E-state index in [0.717, 1.165) is 11.4 Å². The fourth-order valence-electron chi connectivity index (χ4n) is 3.47. The van der Waals surface area contributed by atoms with Crippen molar-refractivity contribution in [3.63, 3.8) is 0 Å². The Kier molecular flexibility index (Phi) is 7.82. The number of hydrogen-bond acceptors (Lipinski definition) is 4. The Labute approximate surface area is 191 Å². The van der Waals surface area contributed by atoms with Crippen molar-refractivity contribution in [2.75, 3.05) is 23.7 Å². The maximum Gasteiger partial charge on any atom is 0.164 e. The van der Waals surface area contributed by atoms with Gasteiger partial charge in [0.1, 0.15) is 0 Å². The normalized spacial score (nSPS) is 10.6. The zero-order valence-electron chi connectivity index (χ0n) is 19.4. The predicted octanol–water partition coefficient (Wildman–Crippen LogP) is 6.29. The minimum absolute atomic E-state index is 0.0664. The highest BCUT2D eigenvalue weighted by Crippen LogP contribution is 2.16. The molecule has 0 aromatic heterocycles. The molecule has 32 heavy (non-hydrogen) atoms. The first-order valence-electron chi connectivity index (χ1n) is 11.1. The molecule has 0 aliphatic heterocycles. The Balaban J connectivity index is 1.45. The quantitative estimate of drug-likeness (QED) is 0.373. The highest BCUT2D eigenvalue weighted by Gasteiger charge is 2.09. The molecule has 166 valence electrons. The van der Waals surface area contributed by atoms with E-state index in [1.165, 1.54) is 22.3 Å². The highest BCUT2D eigenvalue weighted by atomic mass is 16.1. The van der Waals surface area contributed by atoms with Gasteiger partial charge in [0.05, 0.1) is 0 Å². The third-order valence-corrected chi connectivity index (χ3v) is 5.91. The van der Waals surface area contributed by atoms with Crippen LogP contribution in [0.4, 0.5) is 11.4 Å². The molecule has 0 aliphatic carbocycles. The minimum Gasteiger partial charge on any atom is -0.385 e. The van der Waals surface area contributed by atoms with Crippen LogP contribution in [0, 0.1) is 27.7 Å². The van der Waals surface area contributed by atoms with Gasteiger partial charge in [0.2, 0.25) is 0 Å². The second-order valence-electron chi connectivity index (χ2n) is 8.38. The monoisotopic (exact) mass is 428 g/mol. The number of aryl methyl sites for hydroxylation is 4. The Bertz CT molecular complexity index is 1010. The van der Waals surface area contributed by atoms with E-state index >= 15 is 0 Å². The fourth-order valence-corrected chi connectivity index (χ4v) is 3.47. The molecule has 2 N–H and O–H groups in total. The van der Waals surface area contributed by atoms with Crippen LogP contribution < -0.4 is 10.6 Å². The molecule has 3 rings (SSSR count). The number of Topliss-reactive ketones (excluding diaryl/α,β-unsaturated/α-hetero) is 2. The van der Waals surface area contributed by atoms with Crippen molar-refractivity contribution in [1.29, 1.82) is 0 Å². The molecule has 3 aromatic carbocycles. The summed E-state index contributed by atoms with van der Waals surface area (Å²) < 4.78 is 0. The fraction of sp³-hybridized carbons (Fsp3) is 0.286. The molecule has 0 spiro atoms. The summed E-state index contributed by atoms with van der Waals surface area (Å²) in [6.07, 6.45) is 0.806. The first kappa shape index (κ1) is 23.3. The lowest BCUT2D eigenvalue weighted by atomic mass is 10.0. The van der Waals surface area contributed by atoms with Gasteiger partial charge in [-0.1, -0.05) is 36.4 Å². The van der Waals surface area contributed by atoms with Crippen LogP contribution in [0.25, 0.3) is 0 Å². The van der Waals surface area contributed by atoms with Crippen LogP contribution in [-0.2, 0) is 0 Å². The minimum atomic E-state index is 0.0664. The van der Waals surface area contributed by atoms with Crippen LogP contribution in [0.5, 0.6) is 0 Å². The van der Waals surface area contributed by atoms with Crippen molar-refractivity contribution < 1.29 is 9.59 Å². The lowest BCUT2D eigenvalue weighted by molar-refractivity contribution is 0.0975. The molecule has 0 saturated carbocycles. The molecule has 0 atom stereocenters. The summed E-state index contributed by atoms with van der Waals surface area (Å²) in [4.78, 5) is 25.0. The SMILES string of the molecule is Cc1ccc(NCCC(=O)c2ccc(C(=O)CCNc3ccc(C)c(C)c3)cc2)cc1C. The lowest BCUT2D eigenvalue weighted by Crippen LogP contribution is -2.11. The highest BCUT2D eigenvalue weighted by molar-refractivity contribution is 5.99. The van der Waals surface area contributed by atoms with Crippen LogP contribution in [0.3, 0.4) is 0 Å².